The second-order valence-electron chi connectivity index (χ2n) is 4.52. The van der Waals surface area contributed by atoms with Crippen LogP contribution in [0.25, 0.3) is 0 Å². The van der Waals surface area contributed by atoms with Crippen LogP contribution in [0.1, 0.15) is 12.0 Å². The van der Waals surface area contributed by atoms with Crippen molar-refractivity contribution in [2.75, 3.05) is 16.8 Å². The summed E-state index contributed by atoms with van der Waals surface area (Å²) in [5.74, 6) is -0.945. The van der Waals surface area contributed by atoms with Gasteiger partial charge >= 0.3 is 0 Å². The van der Waals surface area contributed by atoms with Crippen LogP contribution in [-0.4, -0.2) is 30.8 Å². The van der Waals surface area contributed by atoms with Gasteiger partial charge in [-0.25, -0.2) is 13.4 Å². The molecule has 2 rings (SSSR count). The lowest BCUT2D eigenvalue weighted by molar-refractivity contribution is -0.119. The minimum absolute atomic E-state index is 0.0523. The Morgan fingerprint density at radius 1 is 1.47 bits per heavy atom. The van der Waals surface area contributed by atoms with Gasteiger partial charge in [0.25, 0.3) is 0 Å². The number of rotatable bonds is 2. The molecule has 8 heteroatoms. The van der Waals surface area contributed by atoms with Crippen molar-refractivity contribution in [2.45, 2.75) is 13.3 Å². The predicted octanol–water partition coefficient (Wildman–Crippen LogP) is 2.07. The molecule has 0 spiro atoms. The van der Waals surface area contributed by atoms with Crippen LogP contribution in [0.5, 0.6) is 0 Å². The Morgan fingerprint density at radius 2 is 2.16 bits per heavy atom. The summed E-state index contributed by atoms with van der Waals surface area (Å²) < 4.78 is 22.7. The first-order valence-electron chi connectivity index (χ1n) is 5.62. The highest BCUT2D eigenvalue weighted by Crippen LogP contribution is 2.28. The number of pyridine rings is 1. The van der Waals surface area contributed by atoms with E-state index in [1.165, 1.54) is 0 Å². The Morgan fingerprint density at radius 3 is 2.68 bits per heavy atom. The molecule has 1 atom stereocenters. The van der Waals surface area contributed by atoms with Gasteiger partial charge in [-0.15, -0.1) is 0 Å². The summed E-state index contributed by atoms with van der Waals surface area (Å²) in [5.41, 5.74) is 1.06. The van der Waals surface area contributed by atoms with Crippen LogP contribution in [0.15, 0.2) is 6.07 Å². The zero-order chi connectivity index (χ0) is 14.2. The topological polar surface area (TPSA) is 76.1 Å². The number of sulfone groups is 1. The third-order valence-corrected chi connectivity index (χ3v) is 5.23. The van der Waals surface area contributed by atoms with E-state index in [2.05, 4.69) is 10.3 Å². The lowest BCUT2D eigenvalue weighted by Gasteiger charge is -2.12. The van der Waals surface area contributed by atoms with E-state index in [4.69, 9.17) is 23.2 Å². The first-order chi connectivity index (χ1) is 8.78. The Hall–Kier alpha value is -0.850. The van der Waals surface area contributed by atoms with Crippen LogP contribution < -0.4 is 5.32 Å². The van der Waals surface area contributed by atoms with Crippen molar-refractivity contribution < 1.29 is 13.2 Å². The summed E-state index contributed by atoms with van der Waals surface area (Å²) in [6.45, 7) is 1.74. The zero-order valence-electron chi connectivity index (χ0n) is 10.1. The average Bonchev–Trinajstić information content (AvgIpc) is 2.64. The standard InChI is InChI=1S/C11H12Cl2N2O3S/c1-6-4-8(12)14-10(13)9(6)15-11(16)7-2-3-19(17,18)5-7/h4,7H,2-3,5H2,1H3,(H,15,16). The van der Waals surface area contributed by atoms with Crippen LogP contribution in [0.2, 0.25) is 10.3 Å². The number of amides is 1. The molecule has 0 saturated carbocycles. The molecule has 1 aliphatic heterocycles. The molecule has 1 aromatic rings. The van der Waals surface area contributed by atoms with E-state index in [0.29, 0.717) is 17.7 Å². The Balaban J connectivity index is 2.16. The van der Waals surface area contributed by atoms with E-state index in [1.807, 2.05) is 0 Å². The fourth-order valence-corrected chi connectivity index (χ4v) is 4.29. The summed E-state index contributed by atoms with van der Waals surface area (Å²) >= 11 is 11.6. The molecular weight excluding hydrogens is 311 g/mol. The first kappa shape index (κ1) is 14.6. The Bertz CT molecular complexity index is 608. The molecule has 1 amide bonds. The largest absolute Gasteiger partial charge is 0.323 e. The second-order valence-corrected chi connectivity index (χ2v) is 7.49. The maximum atomic E-state index is 12.0. The van der Waals surface area contributed by atoms with Crippen molar-refractivity contribution in [1.82, 2.24) is 4.98 Å². The molecule has 1 unspecified atom stereocenters. The number of aryl methyl sites for hydroxylation is 1. The lowest BCUT2D eigenvalue weighted by atomic mass is 10.1. The Kier molecular flexibility index (Phi) is 4.03. The second kappa shape index (κ2) is 5.26. The SMILES string of the molecule is Cc1cc(Cl)nc(Cl)c1NC(=O)C1CCS(=O)(=O)C1. The van der Waals surface area contributed by atoms with E-state index in [1.54, 1.807) is 13.0 Å². The van der Waals surface area contributed by atoms with E-state index in [-0.39, 0.29) is 27.7 Å². The van der Waals surface area contributed by atoms with Gasteiger partial charge in [-0.1, -0.05) is 23.2 Å². The van der Waals surface area contributed by atoms with Crippen LogP contribution in [-0.2, 0) is 14.6 Å². The van der Waals surface area contributed by atoms with Gasteiger partial charge in [0.15, 0.2) is 15.0 Å². The van der Waals surface area contributed by atoms with Gasteiger partial charge in [-0.05, 0) is 25.0 Å². The average molecular weight is 323 g/mol. The highest BCUT2D eigenvalue weighted by Gasteiger charge is 2.33. The molecule has 2 heterocycles. The van der Waals surface area contributed by atoms with Crippen LogP contribution in [0, 0.1) is 12.8 Å². The van der Waals surface area contributed by atoms with Gasteiger partial charge in [0.05, 0.1) is 23.1 Å². The number of halogens is 2. The number of nitrogens with one attached hydrogen (secondary N) is 1. The van der Waals surface area contributed by atoms with Crippen LogP contribution in [0.4, 0.5) is 5.69 Å². The number of carbonyl (C=O) groups is 1. The van der Waals surface area contributed by atoms with E-state index in [9.17, 15) is 13.2 Å². The third-order valence-electron chi connectivity index (χ3n) is 2.99. The molecular formula is C11H12Cl2N2O3S. The van der Waals surface area contributed by atoms with E-state index in [0.717, 1.165) is 0 Å². The van der Waals surface area contributed by atoms with Gasteiger partial charge in [-0.3, -0.25) is 4.79 Å². The van der Waals surface area contributed by atoms with Crippen LogP contribution >= 0.6 is 23.2 Å². The highest BCUT2D eigenvalue weighted by atomic mass is 35.5. The van der Waals surface area contributed by atoms with Crippen molar-refractivity contribution in [1.29, 1.82) is 0 Å². The fraction of sp³-hybridized carbons (Fsp3) is 0.455. The summed E-state index contributed by atoms with van der Waals surface area (Å²) in [6, 6.07) is 1.58. The van der Waals surface area contributed by atoms with Gasteiger partial charge in [0, 0.05) is 0 Å². The number of aromatic nitrogens is 1. The summed E-state index contributed by atoms with van der Waals surface area (Å²) in [4.78, 5) is 15.8. The van der Waals surface area contributed by atoms with E-state index < -0.39 is 15.8 Å². The van der Waals surface area contributed by atoms with Gasteiger partial charge < -0.3 is 5.32 Å². The maximum absolute atomic E-state index is 12.0. The van der Waals surface area contributed by atoms with Crippen molar-refractivity contribution >= 4 is 44.6 Å². The first-order valence-corrected chi connectivity index (χ1v) is 8.20. The fourth-order valence-electron chi connectivity index (χ4n) is 1.97. The molecule has 0 radical (unpaired) electrons. The molecule has 0 bridgehead atoms. The molecule has 1 aromatic heterocycles. The van der Waals surface area contributed by atoms with Crippen molar-refractivity contribution in [3.63, 3.8) is 0 Å². The minimum atomic E-state index is -3.09. The van der Waals surface area contributed by atoms with Crippen molar-refractivity contribution in [3.05, 3.63) is 21.9 Å². The van der Waals surface area contributed by atoms with Gasteiger partial charge in [0.1, 0.15) is 5.15 Å². The van der Waals surface area contributed by atoms with E-state index >= 15 is 0 Å². The number of carbonyl (C=O) groups excluding carboxylic acids is 1. The molecule has 1 N–H and O–H groups in total. The predicted molar refractivity (Wildman–Crippen MR) is 74.4 cm³/mol. The smallest absolute Gasteiger partial charge is 0.228 e. The van der Waals surface area contributed by atoms with Gasteiger partial charge in [0.2, 0.25) is 5.91 Å². The normalized spacial score (nSPS) is 21.3. The minimum Gasteiger partial charge on any atom is -0.323 e. The summed E-state index contributed by atoms with van der Waals surface area (Å²) in [7, 11) is -3.09. The number of hydrogen-bond donors (Lipinski definition) is 1. The number of hydrogen-bond acceptors (Lipinski definition) is 4. The number of nitrogens with zero attached hydrogens (tertiary/aromatic N) is 1. The molecule has 104 valence electrons. The maximum Gasteiger partial charge on any atom is 0.228 e. The summed E-state index contributed by atoms with van der Waals surface area (Å²) in [6.07, 6.45) is 0.339. The molecule has 0 aliphatic carbocycles. The highest BCUT2D eigenvalue weighted by molar-refractivity contribution is 7.91. The molecule has 1 saturated heterocycles. The quantitative estimate of drug-likeness (QED) is 0.846. The molecule has 5 nitrogen and oxygen atoms in total. The molecule has 1 fully saturated rings. The van der Waals surface area contributed by atoms with Crippen molar-refractivity contribution in [3.8, 4) is 0 Å². The molecule has 0 aromatic carbocycles. The van der Waals surface area contributed by atoms with Crippen molar-refractivity contribution in [2.24, 2.45) is 5.92 Å². The lowest BCUT2D eigenvalue weighted by Crippen LogP contribution is -2.24. The zero-order valence-corrected chi connectivity index (χ0v) is 12.4. The number of anilines is 1. The molecule has 19 heavy (non-hydrogen) atoms. The van der Waals surface area contributed by atoms with Crippen LogP contribution in [0.3, 0.4) is 0 Å². The Labute approximate surface area is 121 Å². The molecule has 1 aliphatic rings. The monoisotopic (exact) mass is 322 g/mol. The third kappa shape index (κ3) is 3.38. The van der Waals surface area contributed by atoms with Gasteiger partial charge in [-0.2, -0.15) is 0 Å². The summed E-state index contributed by atoms with van der Waals surface area (Å²) in [5, 5.41) is 2.97.